The molecule has 28 heavy (non-hydrogen) atoms. The van der Waals surface area contributed by atoms with Crippen molar-refractivity contribution in [3.05, 3.63) is 61.9 Å². The quantitative estimate of drug-likeness (QED) is 0.546. The van der Waals surface area contributed by atoms with E-state index < -0.39 is 11.2 Å². The molecule has 7 nitrogen and oxygen atoms in total. The molecule has 1 unspecified atom stereocenters. The van der Waals surface area contributed by atoms with Gasteiger partial charge in [-0.25, -0.2) is 4.79 Å². The molecule has 0 saturated heterocycles. The largest absolute Gasteiger partial charge is 0.494 e. The number of benzene rings is 1. The van der Waals surface area contributed by atoms with E-state index in [1.807, 2.05) is 32.0 Å². The Kier molecular flexibility index (Phi) is 4.63. The molecule has 3 atom stereocenters. The monoisotopic (exact) mass is 383 g/mol. The Labute approximate surface area is 162 Å². The maximum Gasteiger partial charge on any atom is 0.331 e. The minimum atomic E-state index is -0.564. The van der Waals surface area contributed by atoms with Crippen LogP contribution in [0.3, 0.4) is 0 Å². The third-order valence-corrected chi connectivity index (χ3v) is 6.17. The van der Waals surface area contributed by atoms with Gasteiger partial charge in [0.05, 0.1) is 18.8 Å². The lowest BCUT2D eigenvalue weighted by molar-refractivity contribution is -0.926. The second-order valence-corrected chi connectivity index (χ2v) is 7.63. The first-order chi connectivity index (χ1) is 13.5. The highest BCUT2D eigenvalue weighted by Crippen LogP contribution is 2.33. The van der Waals surface area contributed by atoms with E-state index in [-0.39, 0.29) is 23.5 Å². The smallest absolute Gasteiger partial charge is 0.331 e. The zero-order valence-corrected chi connectivity index (χ0v) is 16.5. The van der Waals surface area contributed by atoms with Gasteiger partial charge in [-0.05, 0) is 31.9 Å². The second-order valence-electron chi connectivity index (χ2n) is 7.63. The summed E-state index contributed by atoms with van der Waals surface area (Å²) in [4.78, 5) is 32.3. The summed E-state index contributed by atoms with van der Waals surface area (Å²) in [6.07, 6.45) is 1.58. The van der Waals surface area contributed by atoms with Crippen molar-refractivity contribution in [3.63, 3.8) is 0 Å². The summed E-state index contributed by atoms with van der Waals surface area (Å²) in [5, 5.41) is 12.2. The van der Waals surface area contributed by atoms with Crippen LogP contribution in [0, 0.1) is 0 Å². The van der Waals surface area contributed by atoms with Crippen LogP contribution in [0.2, 0.25) is 0 Å². The summed E-state index contributed by atoms with van der Waals surface area (Å²) >= 11 is 0. The number of para-hydroxylation sites is 1. The van der Waals surface area contributed by atoms with Gasteiger partial charge in [-0.15, -0.1) is 0 Å². The molecule has 0 bridgehead atoms. The molecular weight excluding hydrogens is 356 g/mol. The fraction of sp³-hybridized carbons (Fsp3) is 0.429. The molecule has 0 amide bonds. The van der Waals surface area contributed by atoms with E-state index in [2.05, 4.69) is 23.0 Å². The third-order valence-electron chi connectivity index (χ3n) is 6.17. The Morgan fingerprint density at radius 2 is 2.00 bits per heavy atom. The molecule has 1 aliphatic rings. The topological polar surface area (TPSA) is 95.3 Å². The first-order valence-electron chi connectivity index (χ1n) is 9.99. The summed E-state index contributed by atoms with van der Waals surface area (Å²) in [5.74, 6) is -0.217. The Morgan fingerprint density at radius 1 is 1.25 bits per heavy atom. The van der Waals surface area contributed by atoms with E-state index in [0.717, 1.165) is 36.1 Å². The van der Waals surface area contributed by atoms with E-state index in [1.54, 1.807) is 0 Å². The Hall–Kier alpha value is -2.80. The van der Waals surface area contributed by atoms with Gasteiger partial charge in [0.1, 0.15) is 5.56 Å². The van der Waals surface area contributed by atoms with Crippen LogP contribution in [-0.2, 0) is 6.42 Å². The molecule has 4 rings (SSSR count). The number of likely N-dealkylation sites (N-methyl/N-ethyl adjacent to an activating group) is 1. The van der Waals surface area contributed by atoms with Crippen molar-refractivity contribution in [1.82, 2.24) is 14.5 Å². The Balaban J connectivity index is 2.01. The number of rotatable bonds is 4. The van der Waals surface area contributed by atoms with Crippen molar-refractivity contribution in [2.75, 3.05) is 13.1 Å². The van der Waals surface area contributed by atoms with Crippen molar-refractivity contribution >= 4 is 10.9 Å². The predicted octanol–water partition coefficient (Wildman–Crippen LogP) is 1.24. The minimum Gasteiger partial charge on any atom is -0.494 e. The lowest BCUT2D eigenvalue weighted by atomic mass is 9.93. The number of hydrogen-bond donors (Lipinski definition) is 4. The van der Waals surface area contributed by atoms with E-state index in [1.165, 1.54) is 15.0 Å². The highest BCUT2D eigenvalue weighted by molar-refractivity contribution is 5.85. The van der Waals surface area contributed by atoms with Gasteiger partial charge in [0.15, 0.2) is 6.04 Å². The van der Waals surface area contributed by atoms with E-state index >= 15 is 0 Å². The van der Waals surface area contributed by atoms with Crippen molar-refractivity contribution in [2.24, 2.45) is 0 Å². The van der Waals surface area contributed by atoms with Crippen LogP contribution < -0.4 is 16.1 Å². The molecule has 4 N–H and O–H groups in total. The number of H-pyrrole nitrogens is 2. The van der Waals surface area contributed by atoms with Gasteiger partial charge in [0, 0.05) is 23.4 Å². The fourth-order valence-corrected chi connectivity index (χ4v) is 4.50. The molecule has 1 aromatic carbocycles. The van der Waals surface area contributed by atoms with E-state index in [4.69, 9.17) is 0 Å². The number of aromatic amines is 2. The van der Waals surface area contributed by atoms with Crippen molar-refractivity contribution in [2.45, 2.75) is 45.7 Å². The SMILES string of the molecule is CC[C@@H](C)n1c(O)c([C@@H]2c3[nH]c4ccccc4c3CC[NH+]2CC)c(=O)[nH]c1=O. The van der Waals surface area contributed by atoms with Crippen LogP contribution in [0.15, 0.2) is 33.9 Å². The summed E-state index contributed by atoms with van der Waals surface area (Å²) in [7, 11) is 0. The second kappa shape index (κ2) is 6.98. The van der Waals surface area contributed by atoms with Crippen LogP contribution in [-0.4, -0.2) is 32.7 Å². The summed E-state index contributed by atoms with van der Waals surface area (Å²) < 4.78 is 1.31. The normalized spacial score (nSPS) is 20.2. The number of nitrogens with one attached hydrogen (secondary N) is 3. The first-order valence-corrected chi connectivity index (χ1v) is 9.99. The number of aromatic hydroxyl groups is 1. The molecule has 0 aliphatic carbocycles. The molecule has 7 heteroatoms. The first kappa shape index (κ1) is 18.6. The summed E-state index contributed by atoms with van der Waals surface area (Å²) in [5.41, 5.74) is 2.37. The molecule has 1 aliphatic heterocycles. The van der Waals surface area contributed by atoms with Crippen molar-refractivity contribution < 1.29 is 10.0 Å². The fourth-order valence-electron chi connectivity index (χ4n) is 4.50. The zero-order chi connectivity index (χ0) is 20.0. The standard InChI is InChI=1S/C21H26N4O3/c1-4-12(3)25-20(27)16(19(26)23-21(25)28)18-17-14(10-11-24(18)5-2)13-8-6-7-9-15(13)22-17/h6-9,12,18,22,27H,4-5,10-11H2,1-3H3,(H,23,26,28)/p+1/t12-,18-/m1/s1. The highest BCUT2D eigenvalue weighted by atomic mass is 16.3. The maximum atomic E-state index is 12.9. The lowest BCUT2D eigenvalue weighted by Crippen LogP contribution is -3.13. The van der Waals surface area contributed by atoms with Crippen LogP contribution in [0.1, 0.15) is 56.1 Å². The van der Waals surface area contributed by atoms with E-state index in [9.17, 15) is 14.7 Å². The average Bonchev–Trinajstić information content (AvgIpc) is 3.06. The average molecular weight is 383 g/mol. The van der Waals surface area contributed by atoms with Gasteiger partial charge < -0.3 is 15.0 Å². The summed E-state index contributed by atoms with van der Waals surface area (Å²) in [6.45, 7) is 7.55. The van der Waals surface area contributed by atoms with Crippen molar-refractivity contribution in [3.8, 4) is 5.88 Å². The highest BCUT2D eigenvalue weighted by Gasteiger charge is 2.39. The number of nitrogens with zero attached hydrogens (tertiary/aromatic N) is 1. The van der Waals surface area contributed by atoms with Gasteiger partial charge in [-0.2, -0.15) is 0 Å². The van der Waals surface area contributed by atoms with Gasteiger partial charge in [0.2, 0.25) is 5.88 Å². The maximum absolute atomic E-state index is 12.9. The van der Waals surface area contributed by atoms with Crippen molar-refractivity contribution in [1.29, 1.82) is 0 Å². The molecular formula is C21H27N4O3+. The number of aromatic nitrogens is 3. The molecule has 0 fully saturated rings. The Morgan fingerprint density at radius 3 is 2.71 bits per heavy atom. The number of quaternary nitrogens is 1. The van der Waals surface area contributed by atoms with Gasteiger partial charge in [0.25, 0.3) is 5.56 Å². The lowest BCUT2D eigenvalue weighted by Gasteiger charge is -2.32. The van der Waals surface area contributed by atoms with Gasteiger partial charge >= 0.3 is 5.69 Å². The number of fused-ring (bicyclic) bond motifs is 3. The molecule has 148 valence electrons. The molecule has 0 spiro atoms. The van der Waals surface area contributed by atoms with Crippen LogP contribution in [0.4, 0.5) is 0 Å². The van der Waals surface area contributed by atoms with Gasteiger partial charge in [-0.1, -0.05) is 25.1 Å². The summed E-state index contributed by atoms with van der Waals surface area (Å²) in [6, 6.07) is 7.55. The minimum absolute atomic E-state index is 0.209. The van der Waals surface area contributed by atoms with Crippen LogP contribution in [0.5, 0.6) is 5.88 Å². The third kappa shape index (κ3) is 2.69. The number of hydrogen-bond acceptors (Lipinski definition) is 3. The molecule has 0 saturated carbocycles. The van der Waals surface area contributed by atoms with Crippen LogP contribution >= 0.6 is 0 Å². The van der Waals surface area contributed by atoms with Gasteiger partial charge in [-0.3, -0.25) is 14.3 Å². The Bertz CT molecular complexity index is 1140. The predicted molar refractivity (Wildman–Crippen MR) is 108 cm³/mol. The molecule has 3 heterocycles. The molecule has 3 aromatic rings. The van der Waals surface area contributed by atoms with E-state index in [0.29, 0.717) is 6.42 Å². The zero-order valence-electron chi connectivity index (χ0n) is 16.5. The molecule has 2 aromatic heterocycles. The molecule has 0 radical (unpaired) electrons. The van der Waals surface area contributed by atoms with Crippen LogP contribution in [0.25, 0.3) is 10.9 Å².